The highest BCUT2D eigenvalue weighted by atomic mass is 16.6. The van der Waals surface area contributed by atoms with Gasteiger partial charge in [-0.05, 0) is 29.0 Å². The molecule has 0 saturated heterocycles. The van der Waals surface area contributed by atoms with Crippen molar-refractivity contribution in [1.82, 2.24) is 0 Å². The lowest BCUT2D eigenvalue weighted by Crippen LogP contribution is -2.20. The number of hydrogen-bond donors (Lipinski definition) is 1. The number of amides is 1. The number of nitro benzene ring substituents is 1. The van der Waals surface area contributed by atoms with E-state index in [4.69, 9.17) is 4.74 Å². The Labute approximate surface area is 137 Å². The first-order valence-electron chi connectivity index (χ1n) is 7.28. The number of benzene rings is 3. The lowest BCUT2D eigenvalue weighted by atomic mass is 10.1. The third-order valence-corrected chi connectivity index (χ3v) is 3.43. The van der Waals surface area contributed by atoms with Gasteiger partial charge in [0.25, 0.3) is 11.6 Å². The van der Waals surface area contributed by atoms with E-state index < -0.39 is 4.92 Å². The van der Waals surface area contributed by atoms with Crippen molar-refractivity contribution in [3.63, 3.8) is 0 Å². The van der Waals surface area contributed by atoms with Gasteiger partial charge in [-0.25, -0.2) is 0 Å². The van der Waals surface area contributed by atoms with Gasteiger partial charge in [-0.3, -0.25) is 14.9 Å². The second-order valence-electron chi connectivity index (χ2n) is 5.15. The number of carbonyl (C=O) groups is 1. The van der Waals surface area contributed by atoms with Gasteiger partial charge in [0.15, 0.2) is 6.61 Å². The van der Waals surface area contributed by atoms with Crippen molar-refractivity contribution in [2.75, 3.05) is 11.9 Å². The van der Waals surface area contributed by atoms with Gasteiger partial charge < -0.3 is 10.1 Å². The van der Waals surface area contributed by atoms with E-state index in [0.717, 1.165) is 10.8 Å². The van der Waals surface area contributed by atoms with Gasteiger partial charge in [0.2, 0.25) is 0 Å². The van der Waals surface area contributed by atoms with Gasteiger partial charge in [-0.1, -0.05) is 36.4 Å². The summed E-state index contributed by atoms with van der Waals surface area (Å²) in [7, 11) is 0. The minimum Gasteiger partial charge on any atom is -0.484 e. The van der Waals surface area contributed by atoms with Gasteiger partial charge in [-0.15, -0.1) is 0 Å². The molecule has 3 rings (SSSR count). The van der Waals surface area contributed by atoms with E-state index in [0.29, 0.717) is 5.69 Å². The van der Waals surface area contributed by atoms with Crippen molar-refractivity contribution in [1.29, 1.82) is 0 Å². The Hall–Kier alpha value is -3.41. The van der Waals surface area contributed by atoms with Crippen LogP contribution in [0.2, 0.25) is 0 Å². The summed E-state index contributed by atoms with van der Waals surface area (Å²) >= 11 is 0. The number of nitrogens with zero attached hydrogens (tertiary/aromatic N) is 1. The molecule has 1 N–H and O–H groups in total. The van der Waals surface area contributed by atoms with Crippen LogP contribution in [0.3, 0.4) is 0 Å². The molecule has 0 bridgehead atoms. The van der Waals surface area contributed by atoms with Crippen molar-refractivity contribution in [2.24, 2.45) is 0 Å². The molecule has 0 aliphatic rings. The number of carbonyl (C=O) groups excluding carboxylic acids is 1. The Morgan fingerprint density at radius 3 is 2.58 bits per heavy atom. The largest absolute Gasteiger partial charge is 0.484 e. The maximum atomic E-state index is 12.0. The number of nitrogens with one attached hydrogen (secondary N) is 1. The van der Waals surface area contributed by atoms with Crippen LogP contribution in [0.4, 0.5) is 11.4 Å². The second-order valence-corrected chi connectivity index (χ2v) is 5.15. The number of ether oxygens (including phenoxy) is 1. The zero-order valence-corrected chi connectivity index (χ0v) is 12.6. The normalized spacial score (nSPS) is 10.3. The monoisotopic (exact) mass is 322 g/mol. The van der Waals surface area contributed by atoms with Crippen molar-refractivity contribution < 1.29 is 14.5 Å². The number of anilines is 1. The predicted molar refractivity (Wildman–Crippen MR) is 91.2 cm³/mol. The third kappa shape index (κ3) is 3.67. The molecule has 6 heteroatoms. The molecule has 0 atom stereocenters. The molecule has 0 unspecified atom stereocenters. The molecular weight excluding hydrogens is 308 g/mol. The highest BCUT2D eigenvalue weighted by molar-refractivity contribution is 5.95. The number of nitro groups is 1. The molecule has 6 nitrogen and oxygen atoms in total. The fourth-order valence-electron chi connectivity index (χ4n) is 2.30. The summed E-state index contributed by atoms with van der Waals surface area (Å²) in [6, 6.07) is 19.2. The summed E-state index contributed by atoms with van der Waals surface area (Å²) in [5.41, 5.74) is 0.587. The number of non-ortho nitro benzene ring substituents is 1. The van der Waals surface area contributed by atoms with E-state index in [2.05, 4.69) is 5.32 Å². The molecule has 0 aliphatic heterocycles. The van der Waals surface area contributed by atoms with Crippen molar-refractivity contribution in [2.45, 2.75) is 0 Å². The molecule has 0 aromatic heterocycles. The average Bonchev–Trinajstić information content (AvgIpc) is 2.60. The first-order valence-corrected chi connectivity index (χ1v) is 7.28. The van der Waals surface area contributed by atoms with E-state index in [1.165, 1.54) is 18.2 Å². The van der Waals surface area contributed by atoms with E-state index >= 15 is 0 Å². The summed E-state index contributed by atoms with van der Waals surface area (Å²) < 4.78 is 5.30. The number of fused-ring (bicyclic) bond motifs is 1. The van der Waals surface area contributed by atoms with Crippen LogP contribution in [0.1, 0.15) is 0 Å². The van der Waals surface area contributed by atoms with Crippen LogP contribution < -0.4 is 10.1 Å². The van der Waals surface area contributed by atoms with Gasteiger partial charge in [0, 0.05) is 11.8 Å². The third-order valence-electron chi connectivity index (χ3n) is 3.43. The van der Waals surface area contributed by atoms with Crippen LogP contribution in [0.25, 0.3) is 10.8 Å². The maximum Gasteiger partial charge on any atom is 0.273 e. The van der Waals surface area contributed by atoms with Crippen LogP contribution in [0.5, 0.6) is 5.75 Å². The fourth-order valence-corrected chi connectivity index (χ4v) is 2.30. The van der Waals surface area contributed by atoms with E-state index in [9.17, 15) is 14.9 Å². The Morgan fingerprint density at radius 1 is 1.00 bits per heavy atom. The average molecular weight is 322 g/mol. The molecule has 1 amide bonds. The highest BCUT2D eigenvalue weighted by Crippen LogP contribution is 2.20. The Morgan fingerprint density at radius 2 is 1.79 bits per heavy atom. The summed E-state index contributed by atoms with van der Waals surface area (Å²) in [6.45, 7) is -0.228. The van der Waals surface area contributed by atoms with Crippen LogP contribution in [-0.4, -0.2) is 17.4 Å². The van der Waals surface area contributed by atoms with Crippen molar-refractivity contribution in [3.8, 4) is 5.75 Å². The molecule has 0 radical (unpaired) electrons. The van der Waals surface area contributed by atoms with Crippen LogP contribution in [0, 0.1) is 10.1 Å². The van der Waals surface area contributed by atoms with E-state index in [1.54, 1.807) is 6.07 Å². The minimum absolute atomic E-state index is 0.0811. The molecule has 24 heavy (non-hydrogen) atoms. The molecule has 0 spiro atoms. The fraction of sp³-hybridized carbons (Fsp3) is 0.0556. The SMILES string of the molecule is O=C(COc1cccc([N+](=O)[O-])c1)Nc1ccc2ccccc2c1. The van der Waals surface area contributed by atoms with Crippen LogP contribution >= 0.6 is 0 Å². The predicted octanol–water partition coefficient (Wildman–Crippen LogP) is 3.77. The zero-order chi connectivity index (χ0) is 16.9. The summed E-state index contributed by atoms with van der Waals surface area (Å²) in [6.07, 6.45) is 0. The molecule has 0 heterocycles. The molecule has 0 aliphatic carbocycles. The first-order chi connectivity index (χ1) is 11.6. The topological polar surface area (TPSA) is 81.5 Å². The standard InChI is InChI=1S/C18H14N2O4/c21-18(12-24-17-7-3-6-16(11-17)20(22)23)19-15-9-8-13-4-1-2-5-14(13)10-15/h1-11H,12H2,(H,19,21). The Balaban J connectivity index is 1.62. The Kier molecular flexibility index (Phi) is 4.38. The zero-order valence-electron chi connectivity index (χ0n) is 12.6. The van der Waals surface area contributed by atoms with E-state index in [1.807, 2.05) is 42.5 Å². The van der Waals surface area contributed by atoms with Gasteiger partial charge >= 0.3 is 0 Å². The molecule has 0 fully saturated rings. The van der Waals surface area contributed by atoms with Gasteiger partial charge in [0.1, 0.15) is 5.75 Å². The molecule has 3 aromatic carbocycles. The highest BCUT2D eigenvalue weighted by Gasteiger charge is 2.08. The van der Waals surface area contributed by atoms with E-state index in [-0.39, 0.29) is 24.0 Å². The van der Waals surface area contributed by atoms with Gasteiger partial charge in [0.05, 0.1) is 11.0 Å². The second kappa shape index (κ2) is 6.78. The molecule has 0 saturated carbocycles. The van der Waals surface area contributed by atoms with Crippen LogP contribution in [0.15, 0.2) is 66.7 Å². The van der Waals surface area contributed by atoms with Crippen molar-refractivity contribution in [3.05, 3.63) is 76.8 Å². The number of rotatable bonds is 5. The van der Waals surface area contributed by atoms with Crippen LogP contribution in [-0.2, 0) is 4.79 Å². The molecular formula is C18H14N2O4. The summed E-state index contributed by atoms with van der Waals surface area (Å²) in [5, 5.41) is 15.6. The lowest BCUT2D eigenvalue weighted by Gasteiger charge is -2.08. The summed E-state index contributed by atoms with van der Waals surface area (Å²) in [5.74, 6) is -0.0605. The first kappa shape index (κ1) is 15.5. The minimum atomic E-state index is -0.512. The maximum absolute atomic E-state index is 12.0. The lowest BCUT2D eigenvalue weighted by molar-refractivity contribution is -0.384. The Bertz CT molecular complexity index is 908. The quantitative estimate of drug-likeness (QED) is 0.573. The molecule has 3 aromatic rings. The van der Waals surface area contributed by atoms with Crippen molar-refractivity contribution >= 4 is 28.1 Å². The van der Waals surface area contributed by atoms with Gasteiger partial charge in [-0.2, -0.15) is 0 Å². The smallest absolute Gasteiger partial charge is 0.273 e. The summed E-state index contributed by atoms with van der Waals surface area (Å²) in [4.78, 5) is 22.2. The molecule has 120 valence electrons. The number of hydrogen-bond acceptors (Lipinski definition) is 4.